The number of rotatable bonds is 4. The molecular weight excluding hydrogens is 210 g/mol. The fourth-order valence-corrected chi connectivity index (χ4v) is 1.53. The smallest absolute Gasteiger partial charge is 0.549 e. The van der Waals surface area contributed by atoms with Gasteiger partial charge in [0, 0.05) is 0 Å². The summed E-state index contributed by atoms with van der Waals surface area (Å²) in [5.41, 5.74) is -1.88. The van der Waals surface area contributed by atoms with Crippen LogP contribution in [0.2, 0.25) is 0 Å². The number of carbonyl (C=O) groups is 2. The van der Waals surface area contributed by atoms with Gasteiger partial charge in [-0.2, -0.15) is 0 Å². The zero-order chi connectivity index (χ0) is 11.5. The quantitative estimate of drug-likeness (QED) is 0.373. The van der Waals surface area contributed by atoms with Gasteiger partial charge in [-0.3, -0.25) is 0 Å². The van der Waals surface area contributed by atoms with Crippen molar-refractivity contribution in [3.05, 3.63) is 35.9 Å². The van der Waals surface area contributed by atoms with Gasteiger partial charge in [-0.1, -0.05) is 37.3 Å². The molecule has 1 rings (SSSR count). The first-order valence-electron chi connectivity index (χ1n) is 4.54. The average Bonchev–Trinajstić information content (AvgIpc) is 2.20. The summed E-state index contributed by atoms with van der Waals surface area (Å²) < 4.78 is 0. The van der Waals surface area contributed by atoms with Gasteiger partial charge in [0.05, 0.1) is 17.4 Å². The molecular formula is C11H10Li2O4. The van der Waals surface area contributed by atoms with Crippen molar-refractivity contribution in [2.45, 2.75) is 18.8 Å². The Bertz CT molecular complexity index is 364. The van der Waals surface area contributed by atoms with Crippen LogP contribution in [0.4, 0.5) is 0 Å². The fourth-order valence-electron chi connectivity index (χ4n) is 1.53. The van der Waals surface area contributed by atoms with Crippen molar-refractivity contribution >= 4 is 11.9 Å². The van der Waals surface area contributed by atoms with Crippen LogP contribution in [0.1, 0.15) is 18.9 Å². The first kappa shape index (κ1) is 18.7. The third-order valence-corrected chi connectivity index (χ3v) is 2.49. The summed E-state index contributed by atoms with van der Waals surface area (Å²) in [6.07, 6.45) is -0.109. The summed E-state index contributed by atoms with van der Waals surface area (Å²) in [5, 5.41) is 21.9. The zero-order valence-electron chi connectivity index (χ0n) is 10.2. The largest absolute Gasteiger partial charge is 1.00 e. The molecule has 6 heteroatoms. The Labute approximate surface area is 124 Å². The van der Waals surface area contributed by atoms with Gasteiger partial charge in [0.15, 0.2) is 0 Å². The Morgan fingerprint density at radius 2 is 1.47 bits per heavy atom. The molecule has 0 unspecified atom stereocenters. The van der Waals surface area contributed by atoms with Crippen LogP contribution in [0.3, 0.4) is 0 Å². The van der Waals surface area contributed by atoms with Crippen molar-refractivity contribution in [1.29, 1.82) is 0 Å². The molecule has 0 amide bonds. The summed E-state index contributed by atoms with van der Waals surface area (Å²) in [4.78, 5) is 21.9. The molecule has 1 aromatic rings. The van der Waals surface area contributed by atoms with E-state index in [2.05, 4.69) is 0 Å². The zero-order valence-corrected chi connectivity index (χ0v) is 10.2. The van der Waals surface area contributed by atoms with Crippen molar-refractivity contribution in [3.8, 4) is 0 Å². The van der Waals surface area contributed by atoms with Gasteiger partial charge < -0.3 is 19.8 Å². The maximum absolute atomic E-state index is 11.0. The molecule has 0 atom stereocenters. The van der Waals surface area contributed by atoms with Crippen LogP contribution in [-0.2, 0) is 15.0 Å². The number of carboxylic acids is 2. The van der Waals surface area contributed by atoms with Crippen LogP contribution >= 0.6 is 0 Å². The monoisotopic (exact) mass is 220 g/mol. The third-order valence-electron chi connectivity index (χ3n) is 2.49. The first-order chi connectivity index (χ1) is 7.05. The summed E-state index contributed by atoms with van der Waals surface area (Å²) in [6, 6.07) is 7.70. The summed E-state index contributed by atoms with van der Waals surface area (Å²) in [6.45, 7) is 1.47. The molecule has 0 spiro atoms. The molecule has 0 bridgehead atoms. The molecule has 0 aromatic heterocycles. The van der Waals surface area contributed by atoms with E-state index in [9.17, 15) is 19.8 Å². The van der Waals surface area contributed by atoms with E-state index in [1.807, 2.05) is 0 Å². The molecule has 0 heterocycles. The van der Waals surface area contributed by atoms with Crippen LogP contribution < -0.4 is 47.9 Å². The SMILES string of the molecule is CCC(C(=O)[O-])(C(=O)[O-])c1ccccc1.[Li+].[Li+]. The molecule has 0 aliphatic heterocycles. The van der Waals surface area contributed by atoms with E-state index in [1.54, 1.807) is 18.2 Å². The Balaban J connectivity index is 0. The van der Waals surface area contributed by atoms with Crippen molar-refractivity contribution in [2.24, 2.45) is 0 Å². The van der Waals surface area contributed by atoms with E-state index in [1.165, 1.54) is 19.1 Å². The van der Waals surface area contributed by atoms with Crippen molar-refractivity contribution < 1.29 is 57.5 Å². The minimum atomic E-state index is -2.05. The van der Waals surface area contributed by atoms with Gasteiger partial charge >= 0.3 is 37.7 Å². The Morgan fingerprint density at radius 1 is 1.06 bits per heavy atom. The maximum Gasteiger partial charge on any atom is 1.00 e. The number of benzene rings is 1. The number of aliphatic carboxylic acids is 2. The van der Waals surface area contributed by atoms with Gasteiger partial charge in [-0.25, -0.2) is 0 Å². The minimum Gasteiger partial charge on any atom is -0.549 e. The number of hydrogen-bond acceptors (Lipinski definition) is 4. The molecule has 0 radical (unpaired) electrons. The van der Waals surface area contributed by atoms with Gasteiger partial charge in [0.25, 0.3) is 0 Å². The number of hydrogen-bond donors (Lipinski definition) is 0. The fraction of sp³-hybridized carbons (Fsp3) is 0.273. The second kappa shape index (κ2) is 7.64. The van der Waals surface area contributed by atoms with Crippen molar-refractivity contribution in [2.75, 3.05) is 0 Å². The van der Waals surface area contributed by atoms with Gasteiger partial charge in [-0.15, -0.1) is 0 Å². The van der Waals surface area contributed by atoms with E-state index in [4.69, 9.17) is 0 Å². The average molecular weight is 220 g/mol. The molecule has 0 fully saturated rings. The van der Waals surface area contributed by atoms with Crippen LogP contribution in [0.25, 0.3) is 0 Å². The first-order valence-corrected chi connectivity index (χ1v) is 4.54. The van der Waals surface area contributed by atoms with Crippen molar-refractivity contribution in [1.82, 2.24) is 0 Å². The summed E-state index contributed by atoms with van der Waals surface area (Å²) in [7, 11) is 0. The van der Waals surface area contributed by atoms with Crippen LogP contribution in [-0.4, -0.2) is 11.9 Å². The number of carboxylic acid groups (broad SMARTS) is 2. The molecule has 17 heavy (non-hydrogen) atoms. The molecule has 0 aliphatic carbocycles. The van der Waals surface area contributed by atoms with Crippen LogP contribution in [0.5, 0.6) is 0 Å². The molecule has 0 N–H and O–H groups in total. The molecule has 4 nitrogen and oxygen atoms in total. The van der Waals surface area contributed by atoms with Crippen LogP contribution in [0, 0.1) is 0 Å². The standard InChI is InChI=1S/C11H12O4.2Li/c1-2-11(9(12)13,10(14)15)8-6-4-3-5-7-8;;/h3-7H,2H2,1H3,(H,12,13)(H,14,15);;/q;2*+1/p-2. The Morgan fingerprint density at radius 3 is 1.76 bits per heavy atom. The van der Waals surface area contributed by atoms with Gasteiger partial charge in [0.1, 0.15) is 0 Å². The molecule has 80 valence electrons. The maximum atomic E-state index is 11.0. The second-order valence-electron chi connectivity index (χ2n) is 3.20. The summed E-state index contributed by atoms with van der Waals surface area (Å²) in [5.74, 6) is -3.28. The minimum absolute atomic E-state index is 0. The van der Waals surface area contributed by atoms with E-state index in [0.29, 0.717) is 0 Å². The summed E-state index contributed by atoms with van der Waals surface area (Å²) >= 11 is 0. The third kappa shape index (κ3) is 3.41. The molecule has 0 aliphatic rings. The van der Waals surface area contributed by atoms with E-state index in [-0.39, 0.29) is 49.7 Å². The van der Waals surface area contributed by atoms with E-state index < -0.39 is 17.4 Å². The molecule has 1 aromatic carbocycles. The van der Waals surface area contributed by atoms with Gasteiger partial charge in [-0.05, 0) is 12.0 Å². The normalized spacial score (nSPS) is 9.71. The Kier molecular flexibility index (Phi) is 8.41. The van der Waals surface area contributed by atoms with Gasteiger partial charge in [0.2, 0.25) is 0 Å². The topological polar surface area (TPSA) is 80.3 Å². The van der Waals surface area contributed by atoms with Crippen LogP contribution in [0.15, 0.2) is 30.3 Å². The predicted molar refractivity (Wildman–Crippen MR) is 48.4 cm³/mol. The predicted octanol–water partition coefficient (Wildman–Crippen LogP) is -7.16. The second-order valence-corrected chi connectivity index (χ2v) is 3.20. The number of carbonyl (C=O) groups excluding carboxylic acids is 2. The molecule has 0 saturated heterocycles. The Hall–Kier alpha value is -0.645. The molecule has 0 saturated carbocycles. The van der Waals surface area contributed by atoms with Crippen molar-refractivity contribution in [3.63, 3.8) is 0 Å². The van der Waals surface area contributed by atoms with E-state index in [0.717, 1.165) is 0 Å². The van der Waals surface area contributed by atoms with E-state index >= 15 is 0 Å².